The third-order valence-corrected chi connectivity index (χ3v) is 4.32. The molecule has 1 aromatic heterocycles. The zero-order valence-electron chi connectivity index (χ0n) is 14.1. The Balaban J connectivity index is 1.96. The summed E-state index contributed by atoms with van der Waals surface area (Å²) in [6.07, 6.45) is 2.58. The molecule has 0 radical (unpaired) electrons. The van der Waals surface area contributed by atoms with E-state index in [9.17, 15) is 0 Å². The van der Waals surface area contributed by atoms with Crippen LogP contribution >= 0.6 is 0 Å². The molecule has 2 heterocycles. The summed E-state index contributed by atoms with van der Waals surface area (Å²) in [5, 5.41) is 4.21. The Morgan fingerprint density at radius 3 is 2.74 bits per heavy atom. The van der Waals surface area contributed by atoms with Gasteiger partial charge in [0.25, 0.3) is 0 Å². The first kappa shape index (κ1) is 15.6. The maximum absolute atomic E-state index is 5.53. The van der Waals surface area contributed by atoms with E-state index in [1.54, 1.807) is 7.11 Å². The molecule has 1 aromatic carbocycles. The van der Waals surface area contributed by atoms with Crippen molar-refractivity contribution >= 4 is 16.7 Å². The minimum atomic E-state index is 0.813. The third-order valence-electron chi connectivity index (χ3n) is 4.32. The summed E-state index contributed by atoms with van der Waals surface area (Å²) in [6.45, 7) is 5.23. The standard InChI is InChI=1S/C19H23N3O/c1-14-11-19(20-2)21-17-12-15(18(23-3)13-16(14)17)7-6-10-22-8-4-5-9-22/h11-13H,4-5,8-10H2,1-3H3,(H,20,21). The molecular weight excluding hydrogens is 286 g/mol. The summed E-state index contributed by atoms with van der Waals surface area (Å²) in [5.74, 6) is 8.23. The first-order valence-corrected chi connectivity index (χ1v) is 8.09. The monoisotopic (exact) mass is 309 g/mol. The number of hydrogen-bond acceptors (Lipinski definition) is 4. The summed E-state index contributed by atoms with van der Waals surface area (Å²) >= 11 is 0. The van der Waals surface area contributed by atoms with Gasteiger partial charge >= 0.3 is 0 Å². The summed E-state index contributed by atoms with van der Waals surface area (Å²) in [6, 6.07) is 6.11. The van der Waals surface area contributed by atoms with Gasteiger partial charge in [-0.3, -0.25) is 4.90 Å². The van der Waals surface area contributed by atoms with Crippen LogP contribution in [0.25, 0.3) is 10.9 Å². The molecule has 23 heavy (non-hydrogen) atoms. The number of nitrogens with zero attached hydrogens (tertiary/aromatic N) is 2. The molecule has 0 aliphatic carbocycles. The number of likely N-dealkylation sites (tertiary alicyclic amines) is 1. The van der Waals surface area contributed by atoms with E-state index in [0.717, 1.165) is 47.7 Å². The van der Waals surface area contributed by atoms with E-state index in [2.05, 4.69) is 34.0 Å². The number of pyridine rings is 1. The van der Waals surface area contributed by atoms with Gasteiger partial charge < -0.3 is 10.1 Å². The molecular formula is C19H23N3O. The number of benzene rings is 1. The van der Waals surface area contributed by atoms with Crippen LogP contribution in [0, 0.1) is 18.8 Å². The van der Waals surface area contributed by atoms with Crippen molar-refractivity contribution in [1.82, 2.24) is 9.88 Å². The van der Waals surface area contributed by atoms with Gasteiger partial charge in [0.1, 0.15) is 11.6 Å². The number of nitrogens with one attached hydrogen (secondary N) is 1. The predicted octanol–water partition coefficient (Wildman–Crippen LogP) is 3.04. The Morgan fingerprint density at radius 1 is 1.26 bits per heavy atom. The number of aromatic nitrogens is 1. The molecule has 0 spiro atoms. The largest absolute Gasteiger partial charge is 0.495 e. The lowest BCUT2D eigenvalue weighted by Crippen LogP contribution is -2.18. The van der Waals surface area contributed by atoms with Gasteiger partial charge in [-0.25, -0.2) is 4.98 Å². The lowest BCUT2D eigenvalue weighted by atomic mass is 10.1. The second-order valence-corrected chi connectivity index (χ2v) is 5.93. The molecule has 0 bridgehead atoms. The first-order chi connectivity index (χ1) is 11.2. The highest BCUT2D eigenvalue weighted by atomic mass is 16.5. The number of aryl methyl sites for hydroxylation is 1. The second kappa shape index (κ2) is 6.89. The van der Waals surface area contributed by atoms with E-state index in [4.69, 9.17) is 4.74 Å². The minimum Gasteiger partial charge on any atom is -0.495 e. The Labute approximate surface area is 137 Å². The Hall–Kier alpha value is -2.25. The van der Waals surface area contributed by atoms with Crippen LogP contribution in [0.3, 0.4) is 0 Å². The van der Waals surface area contributed by atoms with Gasteiger partial charge in [-0.05, 0) is 56.6 Å². The van der Waals surface area contributed by atoms with Crippen molar-refractivity contribution in [3.8, 4) is 17.6 Å². The second-order valence-electron chi connectivity index (χ2n) is 5.93. The lowest BCUT2D eigenvalue weighted by molar-refractivity contribution is 0.383. The molecule has 2 aromatic rings. The van der Waals surface area contributed by atoms with Gasteiger partial charge in [-0.1, -0.05) is 11.8 Å². The van der Waals surface area contributed by atoms with Crippen molar-refractivity contribution in [2.75, 3.05) is 39.1 Å². The van der Waals surface area contributed by atoms with Gasteiger partial charge in [0.2, 0.25) is 0 Å². The number of anilines is 1. The van der Waals surface area contributed by atoms with Crippen LogP contribution in [0.4, 0.5) is 5.82 Å². The van der Waals surface area contributed by atoms with E-state index in [-0.39, 0.29) is 0 Å². The van der Waals surface area contributed by atoms with Crippen molar-refractivity contribution < 1.29 is 4.74 Å². The van der Waals surface area contributed by atoms with Gasteiger partial charge in [-0.2, -0.15) is 0 Å². The predicted molar refractivity (Wildman–Crippen MR) is 95.1 cm³/mol. The van der Waals surface area contributed by atoms with Crippen LogP contribution in [0.5, 0.6) is 5.75 Å². The molecule has 3 rings (SSSR count). The van der Waals surface area contributed by atoms with E-state index in [1.165, 1.54) is 18.4 Å². The molecule has 1 N–H and O–H groups in total. The van der Waals surface area contributed by atoms with E-state index in [0.29, 0.717) is 0 Å². The highest BCUT2D eigenvalue weighted by Crippen LogP contribution is 2.28. The number of fused-ring (bicyclic) bond motifs is 1. The lowest BCUT2D eigenvalue weighted by Gasteiger charge is -2.10. The van der Waals surface area contributed by atoms with Crippen molar-refractivity contribution in [3.63, 3.8) is 0 Å². The summed E-state index contributed by atoms with van der Waals surface area (Å²) < 4.78 is 5.53. The highest BCUT2D eigenvalue weighted by Gasteiger charge is 2.10. The van der Waals surface area contributed by atoms with Crippen molar-refractivity contribution in [2.45, 2.75) is 19.8 Å². The third kappa shape index (κ3) is 3.40. The normalized spacial score (nSPS) is 14.6. The smallest absolute Gasteiger partial charge is 0.135 e. The summed E-state index contributed by atoms with van der Waals surface area (Å²) in [7, 11) is 3.57. The van der Waals surface area contributed by atoms with Crippen LogP contribution in [-0.4, -0.2) is 43.7 Å². The van der Waals surface area contributed by atoms with E-state index < -0.39 is 0 Å². The van der Waals surface area contributed by atoms with Crippen LogP contribution in [0.1, 0.15) is 24.0 Å². The molecule has 4 heteroatoms. The van der Waals surface area contributed by atoms with Gasteiger partial charge in [0.15, 0.2) is 0 Å². The molecule has 0 saturated carbocycles. The van der Waals surface area contributed by atoms with Gasteiger partial charge in [0, 0.05) is 12.4 Å². The minimum absolute atomic E-state index is 0.813. The quantitative estimate of drug-likeness (QED) is 0.884. The van der Waals surface area contributed by atoms with Crippen LogP contribution in [-0.2, 0) is 0 Å². The van der Waals surface area contributed by atoms with Crippen LogP contribution < -0.4 is 10.1 Å². The van der Waals surface area contributed by atoms with E-state index in [1.807, 2.05) is 25.2 Å². The fourth-order valence-corrected chi connectivity index (χ4v) is 3.00. The maximum atomic E-state index is 5.53. The van der Waals surface area contributed by atoms with Gasteiger partial charge in [-0.15, -0.1) is 0 Å². The molecule has 1 fully saturated rings. The zero-order valence-corrected chi connectivity index (χ0v) is 14.1. The zero-order chi connectivity index (χ0) is 16.2. The van der Waals surface area contributed by atoms with Gasteiger partial charge in [0.05, 0.1) is 24.7 Å². The molecule has 0 unspecified atom stereocenters. The van der Waals surface area contributed by atoms with Crippen molar-refractivity contribution in [2.24, 2.45) is 0 Å². The average Bonchev–Trinajstić information content (AvgIpc) is 3.07. The fourth-order valence-electron chi connectivity index (χ4n) is 3.00. The number of hydrogen-bond donors (Lipinski definition) is 1. The number of rotatable bonds is 3. The molecule has 1 saturated heterocycles. The maximum Gasteiger partial charge on any atom is 0.135 e. The molecule has 0 atom stereocenters. The molecule has 120 valence electrons. The molecule has 0 amide bonds. The Kier molecular flexibility index (Phi) is 4.68. The van der Waals surface area contributed by atoms with Crippen molar-refractivity contribution in [3.05, 3.63) is 29.3 Å². The molecule has 4 nitrogen and oxygen atoms in total. The summed E-state index contributed by atoms with van der Waals surface area (Å²) in [4.78, 5) is 7.02. The number of methoxy groups -OCH3 is 1. The molecule has 1 aliphatic heterocycles. The Bertz CT molecular complexity index is 768. The topological polar surface area (TPSA) is 37.4 Å². The Morgan fingerprint density at radius 2 is 2.04 bits per heavy atom. The fraction of sp³-hybridized carbons (Fsp3) is 0.421. The molecule has 1 aliphatic rings. The SMILES string of the molecule is CNc1cc(C)c2cc(OC)c(C#CCN3CCCC3)cc2n1. The highest BCUT2D eigenvalue weighted by molar-refractivity contribution is 5.87. The number of ether oxygens (including phenoxy) is 1. The first-order valence-electron chi connectivity index (χ1n) is 8.09. The van der Waals surface area contributed by atoms with Crippen LogP contribution in [0.15, 0.2) is 18.2 Å². The van der Waals surface area contributed by atoms with Crippen molar-refractivity contribution in [1.29, 1.82) is 0 Å². The average molecular weight is 309 g/mol. The summed E-state index contributed by atoms with van der Waals surface area (Å²) in [5.41, 5.74) is 3.02. The van der Waals surface area contributed by atoms with E-state index >= 15 is 0 Å². The van der Waals surface area contributed by atoms with Crippen LogP contribution in [0.2, 0.25) is 0 Å².